The van der Waals surface area contributed by atoms with E-state index in [4.69, 9.17) is 4.74 Å². The fourth-order valence-electron chi connectivity index (χ4n) is 3.10. The molecule has 0 aliphatic heterocycles. The molecule has 6 heteroatoms. The van der Waals surface area contributed by atoms with Gasteiger partial charge in [0.1, 0.15) is 6.10 Å². The van der Waals surface area contributed by atoms with Crippen LogP contribution < -0.4 is 15.4 Å². The van der Waals surface area contributed by atoms with Crippen molar-refractivity contribution in [3.8, 4) is 5.88 Å². The van der Waals surface area contributed by atoms with Crippen molar-refractivity contribution in [2.24, 2.45) is 5.41 Å². The molecule has 154 valence electrons. The van der Waals surface area contributed by atoms with E-state index < -0.39 is 5.41 Å². The lowest BCUT2D eigenvalue weighted by molar-refractivity contribution is -0.123. The molecular formula is C23H29N3O3. The van der Waals surface area contributed by atoms with Gasteiger partial charge in [-0.2, -0.15) is 0 Å². The summed E-state index contributed by atoms with van der Waals surface area (Å²) in [7, 11) is 0. The van der Waals surface area contributed by atoms with E-state index in [1.165, 1.54) is 12.8 Å². The molecule has 1 heterocycles. The maximum Gasteiger partial charge on any atom is 0.251 e. The van der Waals surface area contributed by atoms with Crippen LogP contribution in [0.1, 0.15) is 62.4 Å². The zero-order chi connectivity index (χ0) is 20.9. The zero-order valence-corrected chi connectivity index (χ0v) is 17.3. The number of hydrogen-bond donors (Lipinski definition) is 2. The van der Waals surface area contributed by atoms with Crippen molar-refractivity contribution in [1.29, 1.82) is 0 Å². The minimum Gasteiger partial charge on any atom is -0.474 e. The summed E-state index contributed by atoms with van der Waals surface area (Å²) in [6.45, 7) is 5.90. The Bertz CT molecular complexity index is 850. The number of rotatable bonds is 6. The number of pyridine rings is 1. The highest BCUT2D eigenvalue weighted by molar-refractivity contribution is 5.98. The summed E-state index contributed by atoms with van der Waals surface area (Å²) in [5.74, 6) is 0.332. The van der Waals surface area contributed by atoms with Crippen molar-refractivity contribution in [3.63, 3.8) is 0 Å². The van der Waals surface area contributed by atoms with Gasteiger partial charge in [0, 0.05) is 35.5 Å². The molecule has 1 aromatic carbocycles. The highest BCUT2D eigenvalue weighted by Crippen LogP contribution is 2.23. The van der Waals surface area contributed by atoms with E-state index in [-0.39, 0.29) is 17.9 Å². The van der Waals surface area contributed by atoms with E-state index >= 15 is 0 Å². The summed E-state index contributed by atoms with van der Waals surface area (Å²) >= 11 is 0. The SMILES string of the molecule is CC(C)(C)C(=O)Nc1cccc(C(=O)NCc2ccc(OC3CCCC3)nc2)c1. The Morgan fingerprint density at radius 2 is 1.90 bits per heavy atom. The molecular weight excluding hydrogens is 366 g/mol. The van der Waals surface area contributed by atoms with E-state index in [0.29, 0.717) is 23.7 Å². The Hall–Kier alpha value is -2.89. The molecule has 2 N–H and O–H groups in total. The Kier molecular flexibility index (Phi) is 6.52. The Balaban J connectivity index is 1.53. The molecule has 1 aliphatic rings. The van der Waals surface area contributed by atoms with Gasteiger partial charge in [-0.3, -0.25) is 9.59 Å². The van der Waals surface area contributed by atoms with Gasteiger partial charge in [0.25, 0.3) is 5.91 Å². The second-order valence-electron chi connectivity index (χ2n) is 8.50. The summed E-state index contributed by atoms with van der Waals surface area (Å²) < 4.78 is 5.86. The van der Waals surface area contributed by atoms with Crippen LogP contribution in [-0.2, 0) is 11.3 Å². The molecule has 2 aromatic rings. The number of nitrogens with zero attached hydrogens (tertiary/aromatic N) is 1. The van der Waals surface area contributed by atoms with Gasteiger partial charge in [-0.05, 0) is 49.4 Å². The molecule has 0 spiro atoms. The molecule has 0 atom stereocenters. The van der Waals surface area contributed by atoms with Crippen molar-refractivity contribution in [1.82, 2.24) is 10.3 Å². The van der Waals surface area contributed by atoms with E-state index in [1.807, 2.05) is 32.9 Å². The molecule has 1 aliphatic carbocycles. The minimum absolute atomic E-state index is 0.0963. The molecule has 0 radical (unpaired) electrons. The standard InChI is InChI=1S/C23H29N3O3/c1-23(2,3)22(28)26-18-8-6-7-17(13-18)21(27)25-15-16-11-12-20(24-14-16)29-19-9-4-5-10-19/h6-8,11-14,19H,4-5,9-10,15H2,1-3H3,(H,25,27)(H,26,28). The first-order chi connectivity index (χ1) is 13.8. The summed E-state index contributed by atoms with van der Waals surface area (Å²) in [5.41, 5.74) is 1.49. The molecule has 6 nitrogen and oxygen atoms in total. The monoisotopic (exact) mass is 395 g/mol. The van der Waals surface area contributed by atoms with E-state index in [2.05, 4.69) is 15.6 Å². The van der Waals surface area contributed by atoms with Crippen LogP contribution in [-0.4, -0.2) is 22.9 Å². The summed E-state index contributed by atoms with van der Waals surface area (Å²) in [6, 6.07) is 10.7. The zero-order valence-electron chi connectivity index (χ0n) is 17.3. The molecule has 1 fully saturated rings. The number of anilines is 1. The van der Waals surface area contributed by atoms with Crippen LogP contribution in [0, 0.1) is 5.41 Å². The minimum atomic E-state index is -0.501. The third-order valence-electron chi connectivity index (χ3n) is 4.90. The smallest absolute Gasteiger partial charge is 0.251 e. The first-order valence-corrected chi connectivity index (χ1v) is 10.1. The van der Waals surface area contributed by atoms with Crippen LogP contribution >= 0.6 is 0 Å². The average Bonchev–Trinajstić information content (AvgIpc) is 3.20. The second kappa shape index (κ2) is 9.07. The lowest BCUT2D eigenvalue weighted by atomic mass is 9.95. The number of ether oxygens (including phenoxy) is 1. The fraction of sp³-hybridized carbons (Fsp3) is 0.435. The summed E-state index contributed by atoms with van der Waals surface area (Å²) in [5, 5.41) is 5.73. The summed E-state index contributed by atoms with van der Waals surface area (Å²) in [6.07, 6.45) is 6.62. The lowest BCUT2D eigenvalue weighted by Crippen LogP contribution is -2.28. The number of amides is 2. The molecule has 1 saturated carbocycles. The normalized spacial score (nSPS) is 14.4. The van der Waals surface area contributed by atoms with Gasteiger partial charge < -0.3 is 15.4 Å². The fourth-order valence-corrected chi connectivity index (χ4v) is 3.10. The second-order valence-corrected chi connectivity index (χ2v) is 8.50. The third-order valence-corrected chi connectivity index (χ3v) is 4.90. The van der Waals surface area contributed by atoms with Crippen molar-refractivity contribution < 1.29 is 14.3 Å². The number of hydrogen-bond acceptors (Lipinski definition) is 4. The molecule has 0 saturated heterocycles. The quantitative estimate of drug-likeness (QED) is 0.763. The van der Waals surface area contributed by atoms with Crippen molar-refractivity contribution >= 4 is 17.5 Å². The van der Waals surface area contributed by atoms with Gasteiger partial charge in [0.15, 0.2) is 0 Å². The third kappa shape index (κ3) is 6.04. The number of nitrogens with one attached hydrogen (secondary N) is 2. The molecule has 0 bridgehead atoms. The van der Waals surface area contributed by atoms with Gasteiger partial charge in [-0.1, -0.05) is 32.9 Å². The molecule has 0 unspecified atom stereocenters. The predicted octanol–water partition coefficient (Wildman–Crippen LogP) is 4.32. The van der Waals surface area contributed by atoms with Crippen LogP contribution in [0.4, 0.5) is 5.69 Å². The Morgan fingerprint density at radius 3 is 2.55 bits per heavy atom. The van der Waals surface area contributed by atoms with Crippen molar-refractivity contribution in [3.05, 3.63) is 53.7 Å². The van der Waals surface area contributed by atoms with Gasteiger partial charge in [0.2, 0.25) is 11.8 Å². The lowest BCUT2D eigenvalue weighted by Gasteiger charge is -2.18. The van der Waals surface area contributed by atoms with Crippen molar-refractivity contribution in [2.75, 3.05) is 5.32 Å². The average molecular weight is 396 g/mol. The van der Waals surface area contributed by atoms with Gasteiger partial charge in [-0.15, -0.1) is 0 Å². The first kappa shape index (κ1) is 20.8. The number of carbonyl (C=O) groups excluding carboxylic acids is 2. The predicted molar refractivity (Wildman–Crippen MR) is 113 cm³/mol. The Morgan fingerprint density at radius 1 is 1.14 bits per heavy atom. The molecule has 2 amide bonds. The maximum absolute atomic E-state index is 12.5. The van der Waals surface area contributed by atoms with Crippen LogP contribution in [0.2, 0.25) is 0 Å². The largest absolute Gasteiger partial charge is 0.474 e. The van der Waals surface area contributed by atoms with Gasteiger partial charge in [0.05, 0.1) is 0 Å². The highest BCUT2D eigenvalue weighted by atomic mass is 16.5. The number of aromatic nitrogens is 1. The molecule has 29 heavy (non-hydrogen) atoms. The number of carbonyl (C=O) groups is 2. The van der Waals surface area contributed by atoms with E-state index in [9.17, 15) is 9.59 Å². The molecule has 1 aromatic heterocycles. The van der Waals surface area contributed by atoms with E-state index in [0.717, 1.165) is 18.4 Å². The maximum atomic E-state index is 12.5. The highest BCUT2D eigenvalue weighted by Gasteiger charge is 2.21. The van der Waals surface area contributed by atoms with Crippen LogP contribution in [0.25, 0.3) is 0 Å². The molecule has 3 rings (SSSR count). The topological polar surface area (TPSA) is 80.3 Å². The van der Waals surface area contributed by atoms with Crippen LogP contribution in [0.5, 0.6) is 5.88 Å². The number of benzene rings is 1. The van der Waals surface area contributed by atoms with E-state index in [1.54, 1.807) is 30.5 Å². The van der Waals surface area contributed by atoms with Crippen LogP contribution in [0.3, 0.4) is 0 Å². The van der Waals surface area contributed by atoms with Crippen LogP contribution in [0.15, 0.2) is 42.6 Å². The van der Waals surface area contributed by atoms with Gasteiger partial charge in [-0.25, -0.2) is 4.98 Å². The Labute approximate surface area is 172 Å². The van der Waals surface area contributed by atoms with Crippen molar-refractivity contribution in [2.45, 2.75) is 59.1 Å². The first-order valence-electron chi connectivity index (χ1n) is 10.1. The summed E-state index contributed by atoms with van der Waals surface area (Å²) in [4.78, 5) is 29.0. The van der Waals surface area contributed by atoms with Gasteiger partial charge >= 0.3 is 0 Å².